The zero-order valence-corrected chi connectivity index (χ0v) is 15.3. The standard InChI is InChI=1S/C19H16F3N3O2S/c20-19(21,22)13-8-4-5-9-14(13)24-18-25-17(27)15(28-18)10-16(26)23-11-12-6-2-1-3-7-12/h1-9,15H,10-11H2,(H,23,26)(H,24,25,27). The van der Waals surface area contributed by atoms with E-state index in [-0.39, 0.29) is 23.2 Å². The van der Waals surface area contributed by atoms with E-state index in [2.05, 4.69) is 15.6 Å². The molecule has 0 bridgehead atoms. The molecule has 1 unspecified atom stereocenters. The van der Waals surface area contributed by atoms with Gasteiger partial charge in [0, 0.05) is 13.0 Å². The second-order valence-corrected chi connectivity index (χ2v) is 7.19. The van der Waals surface area contributed by atoms with E-state index in [1.54, 1.807) is 0 Å². The van der Waals surface area contributed by atoms with Crippen LogP contribution in [0, 0.1) is 0 Å². The predicted octanol–water partition coefficient (Wildman–Crippen LogP) is 3.63. The Morgan fingerprint density at radius 2 is 1.79 bits per heavy atom. The van der Waals surface area contributed by atoms with Crippen LogP contribution in [0.15, 0.2) is 59.6 Å². The van der Waals surface area contributed by atoms with Crippen molar-refractivity contribution in [2.45, 2.75) is 24.4 Å². The molecule has 1 aliphatic rings. The molecule has 0 spiro atoms. The predicted molar refractivity (Wildman–Crippen MR) is 101 cm³/mol. The van der Waals surface area contributed by atoms with E-state index < -0.39 is 22.9 Å². The Bertz CT molecular complexity index is 901. The van der Waals surface area contributed by atoms with E-state index in [4.69, 9.17) is 0 Å². The Hall–Kier alpha value is -2.81. The summed E-state index contributed by atoms with van der Waals surface area (Å²) in [5, 5.41) is 4.46. The van der Waals surface area contributed by atoms with Gasteiger partial charge in [0.15, 0.2) is 5.17 Å². The Kier molecular flexibility index (Phi) is 6.03. The van der Waals surface area contributed by atoms with Crippen LogP contribution >= 0.6 is 11.8 Å². The Morgan fingerprint density at radius 1 is 1.11 bits per heavy atom. The molecule has 2 N–H and O–H groups in total. The van der Waals surface area contributed by atoms with Crippen LogP contribution in [0.5, 0.6) is 0 Å². The van der Waals surface area contributed by atoms with Crippen LogP contribution in [0.25, 0.3) is 0 Å². The molecule has 2 aromatic rings. The van der Waals surface area contributed by atoms with Gasteiger partial charge < -0.3 is 10.6 Å². The first-order valence-electron chi connectivity index (χ1n) is 8.36. The van der Waals surface area contributed by atoms with Gasteiger partial charge in [-0.2, -0.15) is 13.2 Å². The van der Waals surface area contributed by atoms with Gasteiger partial charge in [-0.1, -0.05) is 54.2 Å². The van der Waals surface area contributed by atoms with E-state index in [0.717, 1.165) is 23.4 Å². The molecule has 2 amide bonds. The third-order valence-corrected chi connectivity index (χ3v) is 4.99. The van der Waals surface area contributed by atoms with Gasteiger partial charge in [0.25, 0.3) is 0 Å². The van der Waals surface area contributed by atoms with Crippen molar-refractivity contribution in [2.24, 2.45) is 4.99 Å². The average Bonchev–Trinajstić information content (AvgIpc) is 2.99. The summed E-state index contributed by atoms with van der Waals surface area (Å²) in [5.41, 5.74) is -0.251. The molecule has 0 saturated carbocycles. The molecule has 1 aliphatic heterocycles. The molecule has 3 rings (SSSR count). The second kappa shape index (κ2) is 8.47. The summed E-state index contributed by atoms with van der Waals surface area (Å²) in [6.07, 6.45) is -4.64. The molecule has 0 aromatic heterocycles. The SMILES string of the molecule is O=C(CC1SC(=Nc2ccccc2C(F)(F)F)NC1=O)NCc1ccccc1. The van der Waals surface area contributed by atoms with Gasteiger partial charge >= 0.3 is 6.18 Å². The summed E-state index contributed by atoms with van der Waals surface area (Å²) >= 11 is 0.944. The summed E-state index contributed by atoms with van der Waals surface area (Å²) in [6.45, 7) is 0.332. The number of alkyl halides is 3. The second-order valence-electron chi connectivity index (χ2n) is 5.99. The highest BCUT2D eigenvalue weighted by Crippen LogP contribution is 2.37. The minimum atomic E-state index is -4.55. The number of rotatable bonds is 5. The van der Waals surface area contributed by atoms with Crippen LogP contribution in [0.1, 0.15) is 17.5 Å². The number of amides is 2. The van der Waals surface area contributed by atoms with Gasteiger partial charge in [-0.3, -0.25) is 9.59 Å². The van der Waals surface area contributed by atoms with Gasteiger partial charge in [0.05, 0.1) is 11.3 Å². The van der Waals surface area contributed by atoms with Gasteiger partial charge in [0.2, 0.25) is 11.8 Å². The van der Waals surface area contributed by atoms with Crippen LogP contribution < -0.4 is 10.6 Å². The summed E-state index contributed by atoms with van der Waals surface area (Å²) < 4.78 is 39.2. The zero-order chi connectivity index (χ0) is 20.1. The quantitative estimate of drug-likeness (QED) is 0.795. The van der Waals surface area contributed by atoms with E-state index in [1.807, 2.05) is 30.3 Å². The van der Waals surface area contributed by atoms with Crippen molar-refractivity contribution < 1.29 is 22.8 Å². The molecule has 1 heterocycles. The van der Waals surface area contributed by atoms with Crippen molar-refractivity contribution in [3.8, 4) is 0 Å². The van der Waals surface area contributed by atoms with E-state index in [9.17, 15) is 22.8 Å². The molecule has 5 nitrogen and oxygen atoms in total. The Labute approximate surface area is 163 Å². The van der Waals surface area contributed by atoms with Crippen LogP contribution in [0.3, 0.4) is 0 Å². The highest BCUT2D eigenvalue weighted by atomic mass is 32.2. The van der Waals surface area contributed by atoms with E-state index in [0.29, 0.717) is 6.54 Å². The number of para-hydroxylation sites is 1. The molecule has 2 aromatic carbocycles. The fraction of sp³-hybridized carbons (Fsp3) is 0.211. The Balaban J connectivity index is 1.62. The fourth-order valence-electron chi connectivity index (χ4n) is 2.55. The lowest BCUT2D eigenvalue weighted by Gasteiger charge is -2.09. The molecule has 0 aliphatic carbocycles. The minimum Gasteiger partial charge on any atom is -0.352 e. The zero-order valence-electron chi connectivity index (χ0n) is 14.5. The average molecular weight is 407 g/mol. The van der Waals surface area contributed by atoms with E-state index in [1.165, 1.54) is 18.2 Å². The van der Waals surface area contributed by atoms with Crippen molar-refractivity contribution in [2.75, 3.05) is 0 Å². The summed E-state index contributed by atoms with van der Waals surface area (Å²) in [6, 6.07) is 14.1. The number of hydrogen-bond donors (Lipinski definition) is 2. The number of carbonyl (C=O) groups is 2. The number of nitrogens with one attached hydrogen (secondary N) is 2. The van der Waals surface area contributed by atoms with Crippen molar-refractivity contribution in [3.63, 3.8) is 0 Å². The molecule has 9 heteroatoms. The lowest BCUT2D eigenvalue weighted by Crippen LogP contribution is -2.31. The first kappa shape index (κ1) is 19.9. The topological polar surface area (TPSA) is 70.6 Å². The maximum absolute atomic E-state index is 13.1. The maximum atomic E-state index is 13.1. The monoisotopic (exact) mass is 407 g/mol. The van der Waals surface area contributed by atoms with Gasteiger partial charge in [-0.05, 0) is 17.7 Å². The number of hydrogen-bond acceptors (Lipinski definition) is 4. The Morgan fingerprint density at radius 3 is 2.50 bits per heavy atom. The highest BCUT2D eigenvalue weighted by Gasteiger charge is 2.35. The van der Waals surface area contributed by atoms with Gasteiger partial charge in [-0.25, -0.2) is 4.99 Å². The molecule has 1 atom stereocenters. The lowest BCUT2D eigenvalue weighted by molar-refractivity contribution is -0.137. The van der Waals surface area contributed by atoms with Crippen LogP contribution in [0.2, 0.25) is 0 Å². The van der Waals surface area contributed by atoms with Crippen LogP contribution in [0.4, 0.5) is 18.9 Å². The van der Waals surface area contributed by atoms with Crippen molar-refractivity contribution >= 4 is 34.4 Å². The number of nitrogens with zero attached hydrogens (tertiary/aromatic N) is 1. The summed E-state index contributed by atoms with van der Waals surface area (Å²) in [4.78, 5) is 28.0. The molecular formula is C19H16F3N3O2S. The summed E-state index contributed by atoms with van der Waals surface area (Å²) in [5.74, 6) is -0.781. The molecular weight excluding hydrogens is 391 g/mol. The van der Waals surface area contributed by atoms with Crippen LogP contribution in [-0.2, 0) is 22.3 Å². The minimum absolute atomic E-state index is 0.0440. The molecule has 146 valence electrons. The largest absolute Gasteiger partial charge is 0.418 e. The third kappa shape index (κ3) is 5.13. The number of benzene rings is 2. The maximum Gasteiger partial charge on any atom is 0.418 e. The number of halogens is 3. The number of aliphatic imine (C=N–C) groups is 1. The lowest BCUT2D eigenvalue weighted by atomic mass is 10.2. The van der Waals surface area contributed by atoms with Crippen molar-refractivity contribution in [1.82, 2.24) is 10.6 Å². The first-order chi connectivity index (χ1) is 13.3. The van der Waals surface area contributed by atoms with Crippen molar-refractivity contribution in [1.29, 1.82) is 0 Å². The molecule has 28 heavy (non-hydrogen) atoms. The van der Waals surface area contributed by atoms with Crippen LogP contribution in [-0.4, -0.2) is 22.2 Å². The fourth-order valence-corrected chi connectivity index (χ4v) is 3.53. The number of carbonyl (C=O) groups excluding carboxylic acids is 2. The third-order valence-electron chi connectivity index (χ3n) is 3.91. The van der Waals surface area contributed by atoms with Crippen molar-refractivity contribution in [3.05, 3.63) is 65.7 Å². The normalized spacial score (nSPS) is 18.2. The molecule has 1 fully saturated rings. The van der Waals surface area contributed by atoms with Gasteiger partial charge in [-0.15, -0.1) is 0 Å². The van der Waals surface area contributed by atoms with Gasteiger partial charge in [0.1, 0.15) is 5.25 Å². The smallest absolute Gasteiger partial charge is 0.352 e. The number of thioether (sulfide) groups is 1. The summed E-state index contributed by atoms with van der Waals surface area (Å²) in [7, 11) is 0. The molecule has 1 saturated heterocycles. The first-order valence-corrected chi connectivity index (χ1v) is 9.24. The number of amidine groups is 1. The molecule has 0 radical (unpaired) electrons. The highest BCUT2D eigenvalue weighted by molar-refractivity contribution is 8.15. The van der Waals surface area contributed by atoms with E-state index >= 15 is 0 Å².